The minimum Gasteiger partial charge on any atom is -0.494 e. The first-order valence-corrected chi connectivity index (χ1v) is 14.3. The fourth-order valence-electron chi connectivity index (χ4n) is 3.95. The van der Waals surface area contributed by atoms with E-state index in [1.165, 1.54) is 7.11 Å². The van der Waals surface area contributed by atoms with Gasteiger partial charge in [0.05, 0.1) is 30.4 Å². The number of rotatable bonds is 15. The summed E-state index contributed by atoms with van der Waals surface area (Å²) in [7, 11) is 1.33. The summed E-state index contributed by atoms with van der Waals surface area (Å²) >= 11 is 0. The predicted molar refractivity (Wildman–Crippen MR) is 163 cm³/mol. The van der Waals surface area contributed by atoms with E-state index in [1.54, 1.807) is 97.1 Å². The van der Waals surface area contributed by atoms with Crippen LogP contribution in [0.5, 0.6) is 28.7 Å². The Kier molecular flexibility index (Phi) is 11.8. The molecule has 0 atom stereocenters. The van der Waals surface area contributed by atoms with Crippen LogP contribution in [-0.2, 0) is 4.74 Å². The molecule has 0 saturated heterocycles. The zero-order chi connectivity index (χ0) is 31.1. The normalized spacial score (nSPS) is 10.4. The van der Waals surface area contributed by atoms with E-state index in [9.17, 15) is 14.4 Å². The number of carbonyl (C=O) groups is 3. The summed E-state index contributed by atoms with van der Waals surface area (Å²) in [6.45, 7) is 3.34. The predicted octanol–water partition coefficient (Wildman–Crippen LogP) is 6.94. The average molecular weight is 599 g/mol. The summed E-state index contributed by atoms with van der Waals surface area (Å²) < 4.78 is 32.5. The first-order valence-electron chi connectivity index (χ1n) is 14.3. The molecular weight excluding hydrogens is 564 g/mol. The highest BCUT2D eigenvalue weighted by molar-refractivity contribution is 5.92. The molecule has 4 aromatic rings. The summed E-state index contributed by atoms with van der Waals surface area (Å²) in [5.74, 6) is 1.02. The number of unbranched alkanes of at least 4 members (excludes halogenated alkanes) is 2. The Hall–Kier alpha value is -5.31. The SMILES string of the molecule is CCCCCOc1ccc(C(=O)Oc2ccc(OC(=O)c3ccc(OCCOc4ccc(C(=O)OC)cc4)cc3)cc2)cc1. The first-order chi connectivity index (χ1) is 21.4. The highest BCUT2D eigenvalue weighted by Crippen LogP contribution is 2.22. The van der Waals surface area contributed by atoms with Crippen molar-refractivity contribution in [3.63, 3.8) is 0 Å². The Bertz CT molecular complexity index is 1490. The maximum Gasteiger partial charge on any atom is 0.343 e. The van der Waals surface area contributed by atoms with Crippen LogP contribution in [-0.4, -0.2) is 44.8 Å². The molecule has 0 bridgehead atoms. The van der Waals surface area contributed by atoms with E-state index < -0.39 is 17.9 Å². The van der Waals surface area contributed by atoms with E-state index in [4.69, 9.17) is 23.7 Å². The Labute approximate surface area is 256 Å². The van der Waals surface area contributed by atoms with Crippen molar-refractivity contribution in [2.24, 2.45) is 0 Å². The molecule has 0 aliphatic heterocycles. The second kappa shape index (κ2) is 16.4. The van der Waals surface area contributed by atoms with E-state index in [1.807, 2.05) is 0 Å². The van der Waals surface area contributed by atoms with Gasteiger partial charge in [0.2, 0.25) is 0 Å². The van der Waals surface area contributed by atoms with Crippen molar-refractivity contribution in [2.75, 3.05) is 26.9 Å². The minimum atomic E-state index is -0.544. The van der Waals surface area contributed by atoms with Gasteiger partial charge in [0.25, 0.3) is 0 Å². The van der Waals surface area contributed by atoms with Crippen LogP contribution in [0.15, 0.2) is 97.1 Å². The van der Waals surface area contributed by atoms with Crippen molar-refractivity contribution >= 4 is 17.9 Å². The molecule has 0 fully saturated rings. The van der Waals surface area contributed by atoms with E-state index in [0.717, 1.165) is 19.3 Å². The van der Waals surface area contributed by atoms with Crippen LogP contribution >= 0.6 is 0 Å². The van der Waals surface area contributed by atoms with Gasteiger partial charge in [0.1, 0.15) is 42.0 Å². The number of ether oxygens (including phenoxy) is 6. The Balaban J connectivity index is 1.18. The van der Waals surface area contributed by atoms with Crippen molar-refractivity contribution in [3.05, 3.63) is 114 Å². The van der Waals surface area contributed by atoms with Crippen molar-refractivity contribution in [1.82, 2.24) is 0 Å². The Morgan fingerprint density at radius 2 is 0.795 bits per heavy atom. The van der Waals surface area contributed by atoms with Crippen molar-refractivity contribution in [3.8, 4) is 28.7 Å². The molecule has 9 heteroatoms. The van der Waals surface area contributed by atoms with Crippen molar-refractivity contribution in [1.29, 1.82) is 0 Å². The topological polar surface area (TPSA) is 107 Å². The molecule has 0 aliphatic rings. The molecule has 0 aromatic heterocycles. The molecule has 0 unspecified atom stereocenters. The lowest BCUT2D eigenvalue weighted by Crippen LogP contribution is -2.10. The Morgan fingerprint density at radius 1 is 0.455 bits per heavy atom. The van der Waals surface area contributed by atoms with E-state index in [2.05, 4.69) is 11.7 Å². The third-order valence-corrected chi connectivity index (χ3v) is 6.34. The van der Waals surface area contributed by atoms with Gasteiger partial charge in [0.15, 0.2) is 0 Å². The van der Waals surface area contributed by atoms with E-state index >= 15 is 0 Å². The molecule has 0 aliphatic carbocycles. The van der Waals surface area contributed by atoms with Crippen LogP contribution in [0, 0.1) is 0 Å². The summed E-state index contributed by atoms with van der Waals surface area (Å²) in [4.78, 5) is 36.6. The molecule has 4 rings (SSSR count). The summed E-state index contributed by atoms with van der Waals surface area (Å²) in [5.41, 5.74) is 1.18. The van der Waals surface area contributed by atoms with Gasteiger partial charge in [-0.25, -0.2) is 14.4 Å². The summed E-state index contributed by atoms with van der Waals surface area (Å²) in [5, 5.41) is 0. The van der Waals surface area contributed by atoms with Crippen molar-refractivity contribution < 1.29 is 42.8 Å². The van der Waals surface area contributed by atoms with Gasteiger partial charge < -0.3 is 28.4 Å². The van der Waals surface area contributed by atoms with Crippen LogP contribution in [0.25, 0.3) is 0 Å². The lowest BCUT2D eigenvalue weighted by atomic mass is 10.2. The highest BCUT2D eigenvalue weighted by Gasteiger charge is 2.12. The molecule has 44 heavy (non-hydrogen) atoms. The maximum atomic E-state index is 12.6. The van der Waals surface area contributed by atoms with Gasteiger partial charge in [-0.3, -0.25) is 0 Å². The number of benzene rings is 4. The van der Waals surface area contributed by atoms with Gasteiger partial charge in [-0.2, -0.15) is 0 Å². The second-order valence-corrected chi connectivity index (χ2v) is 9.57. The fourth-order valence-corrected chi connectivity index (χ4v) is 3.95. The Morgan fingerprint density at radius 3 is 1.16 bits per heavy atom. The lowest BCUT2D eigenvalue weighted by Gasteiger charge is -2.10. The van der Waals surface area contributed by atoms with Gasteiger partial charge in [0, 0.05) is 0 Å². The standard InChI is InChI=1S/C35H34O9/c1-3-4-5-22-40-28-14-8-26(9-15-28)34(37)43-31-18-20-32(21-19-31)44-35(38)27-10-16-30(17-11-27)42-24-23-41-29-12-6-25(7-13-29)33(36)39-2/h6-21H,3-5,22-24H2,1-2H3. The fraction of sp³-hybridized carbons (Fsp3) is 0.229. The number of methoxy groups -OCH3 is 1. The van der Waals surface area contributed by atoms with Crippen LogP contribution in [0.4, 0.5) is 0 Å². The maximum absolute atomic E-state index is 12.6. The molecule has 9 nitrogen and oxygen atoms in total. The quantitative estimate of drug-likeness (QED) is 0.0817. The van der Waals surface area contributed by atoms with Crippen LogP contribution in [0.1, 0.15) is 57.3 Å². The number of esters is 3. The molecule has 0 amide bonds. The number of hydrogen-bond donors (Lipinski definition) is 0. The van der Waals surface area contributed by atoms with Crippen LogP contribution in [0.2, 0.25) is 0 Å². The van der Waals surface area contributed by atoms with Crippen LogP contribution < -0.4 is 23.7 Å². The van der Waals surface area contributed by atoms with Gasteiger partial charge in [-0.1, -0.05) is 19.8 Å². The zero-order valence-electron chi connectivity index (χ0n) is 24.7. The number of carbonyl (C=O) groups excluding carboxylic acids is 3. The smallest absolute Gasteiger partial charge is 0.343 e. The zero-order valence-corrected chi connectivity index (χ0v) is 24.7. The summed E-state index contributed by atoms with van der Waals surface area (Å²) in [6.07, 6.45) is 3.23. The van der Waals surface area contributed by atoms with Gasteiger partial charge in [-0.05, 0) is 103 Å². The average Bonchev–Trinajstić information content (AvgIpc) is 3.06. The molecule has 4 aromatic carbocycles. The highest BCUT2D eigenvalue weighted by atomic mass is 16.5. The largest absolute Gasteiger partial charge is 0.494 e. The molecule has 0 saturated carbocycles. The molecular formula is C35H34O9. The molecule has 228 valence electrons. The third kappa shape index (κ3) is 9.62. The minimum absolute atomic E-state index is 0.276. The van der Waals surface area contributed by atoms with Gasteiger partial charge in [-0.15, -0.1) is 0 Å². The first kappa shape index (κ1) is 31.6. The van der Waals surface area contributed by atoms with E-state index in [0.29, 0.717) is 52.0 Å². The molecule has 0 heterocycles. The second-order valence-electron chi connectivity index (χ2n) is 9.57. The lowest BCUT2D eigenvalue weighted by molar-refractivity contribution is 0.0599. The summed E-state index contributed by atoms with van der Waals surface area (Å²) in [6, 6.07) is 26.1. The molecule has 0 N–H and O–H groups in total. The van der Waals surface area contributed by atoms with Gasteiger partial charge >= 0.3 is 17.9 Å². The third-order valence-electron chi connectivity index (χ3n) is 6.34. The molecule has 0 radical (unpaired) electrons. The number of hydrogen-bond acceptors (Lipinski definition) is 9. The van der Waals surface area contributed by atoms with E-state index in [-0.39, 0.29) is 13.2 Å². The van der Waals surface area contributed by atoms with Crippen molar-refractivity contribution in [2.45, 2.75) is 26.2 Å². The molecule has 0 spiro atoms. The monoisotopic (exact) mass is 598 g/mol. The van der Waals surface area contributed by atoms with Crippen LogP contribution in [0.3, 0.4) is 0 Å².